The van der Waals surface area contributed by atoms with Crippen LogP contribution >= 0.6 is 0 Å². The number of carboxylic acid groups (broad SMARTS) is 1. The standard InChI is InChI=1S/C9H14N2O2/c1-7(9(12)13)3-4-8-5-6-10-11(8)2/h5-7H,3-4H2,1-2H3,(H,12,13). The Morgan fingerprint density at radius 2 is 2.46 bits per heavy atom. The van der Waals surface area contributed by atoms with Gasteiger partial charge in [0.15, 0.2) is 0 Å². The molecule has 0 bridgehead atoms. The zero-order valence-electron chi connectivity index (χ0n) is 7.90. The molecule has 1 N–H and O–H groups in total. The lowest BCUT2D eigenvalue weighted by molar-refractivity contribution is -0.141. The topological polar surface area (TPSA) is 55.1 Å². The highest BCUT2D eigenvalue weighted by atomic mass is 16.4. The first kappa shape index (κ1) is 9.77. The summed E-state index contributed by atoms with van der Waals surface area (Å²) >= 11 is 0. The van der Waals surface area contributed by atoms with Crippen molar-refractivity contribution >= 4 is 5.97 Å². The molecular weight excluding hydrogens is 168 g/mol. The SMILES string of the molecule is CC(CCc1ccnn1C)C(=O)O. The van der Waals surface area contributed by atoms with Crippen LogP contribution in [0.4, 0.5) is 0 Å². The molecule has 1 unspecified atom stereocenters. The Morgan fingerprint density at radius 3 is 2.92 bits per heavy atom. The first-order chi connectivity index (χ1) is 6.11. The number of rotatable bonds is 4. The lowest BCUT2D eigenvalue weighted by Gasteiger charge is -2.05. The summed E-state index contributed by atoms with van der Waals surface area (Å²) in [6.07, 6.45) is 3.15. The number of carbonyl (C=O) groups is 1. The molecule has 0 radical (unpaired) electrons. The summed E-state index contributed by atoms with van der Waals surface area (Å²) in [7, 11) is 1.86. The van der Waals surface area contributed by atoms with E-state index in [1.165, 1.54) is 0 Å². The van der Waals surface area contributed by atoms with Crippen LogP contribution in [0, 0.1) is 5.92 Å². The number of aliphatic carboxylic acids is 1. The maximum absolute atomic E-state index is 10.5. The van der Waals surface area contributed by atoms with Gasteiger partial charge in [-0.3, -0.25) is 9.48 Å². The fourth-order valence-corrected chi connectivity index (χ4v) is 1.13. The molecule has 0 saturated carbocycles. The van der Waals surface area contributed by atoms with Crippen molar-refractivity contribution in [3.8, 4) is 0 Å². The van der Waals surface area contributed by atoms with Crippen LogP contribution < -0.4 is 0 Å². The van der Waals surface area contributed by atoms with E-state index in [0.717, 1.165) is 12.1 Å². The van der Waals surface area contributed by atoms with Gasteiger partial charge in [0, 0.05) is 18.9 Å². The predicted octanol–water partition coefficient (Wildman–Crippen LogP) is 1.07. The molecule has 0 aromatic carbocycles. The third kappa shape index (κ3) is 2.57. The van der Waals surface area contributed by atoms with Gasteiger partial charge in [-0.1, -0.05) is 6.92 Å². The van der Waals surface area contributed by atoms with Crippen LogP contribution in [-0.2, 0) is 18.3 Å². The van der Waals surface area contributed by atoms with E-state index in [1.807, 2.05) is 13.1 Å². The maximum atomic E-state index is 10.5. The van der Waals surface area contributed by atoms with Gasteiger partial charge < -0.3 is 5.11 Å². The summed E-state index contributed by atoms with van der Waals surface area (Å²) in [5.41, 5.74) is 1.08. The number of hydrogen-bond acceptors (Lipinski definition) is 2. The molecule has 1 atom stereocenters. The van der Waals surface area contributed by atoms with Crippen molar-refractivity contribution in [1.29, 1.82) is 0 Å². The molecule has 0 fully saturated rings. The van der Waals surface area contributed by atoms with E-state index < -0.39 is 5.97 Å². The summed E-state index contributed by atoms with van der Waals surface area (Å²) < 4.78 is 1.77. The number of hydrogen-bond donors (Lipinski definition) is 1. The Labute approximate surface area is 77.2 Å². The van der Waals surface area contributed by atoms with Crippen LogP contribution in [0.1, 0.15) is 19.0 Å². The molecule has 1 aromatic rings. The highest BCUT2D eigenvalue weighted by Crippen LogP contribution is 2.08. The molecule has 72 valence electrons. The van der Waals surface area contributed by atoms with Crippen molar-refractivity contribution in [1.82, 2.24) is 9.78 Å². The molecule has 0 aliphatic rings. The number of aromatic nitrogens is 2. The number of carboxylic acids is 1. The minimum absolute atomic E-state index is 0.283. The summed E-state index contributed by atoms with van der Waals surface area (Å²) in [5.74, 6) is -1.02. The van der Waals surface area contributed by atoms with Gasteiger partial charge in [0.1, 0.15) is 0 Å². The fraction of sp³-hybridized carbons (Fsp3) is 0.556. The Bertz CT molecular complexity index is 294. The Hall–Kier alpha value is -1.32. The van der Waals surface area contributed by atoms with Crippen LogP contribution in [0.5, 0.6) is 0 Å². The number of aryl methyl sites for hydroxylation is 2. The fourth-order valence-electron chi connectivity index (χ4n) is 1.13. The van der Waals surface area contributed by atoms with Crippen molar-refractivity contribution in [2.24, 2.45) is 13.0 Å². The average molecular weight is 182 g/mol. The predicted molar refractivity (Wildman–Crippen MR) is 48.3 cm³/mol. The van der Waals surface area contributed by atoms with E-state index >= 15 is 0 Å². The Kier molecular flexibility index (Phi) is 3.06. The second-order valence-electron chi connectivity index (χ2n) is 3.22. The van der Waals surface area contributed by atoms with Crippen molar-refractivity contribution in [2.75, 3.05) is 0 Å². The van der Waals surface area contributed by atoms with Gasteiger partial charge in [0.2, 0.25) is 0 Å². The summed E-state index contributed by atoms with van der Waals surface area (Å²) in [6.45, 7) is 1.72. The molecule has 4 heteroatoms. The summed E-state index contributed by atoms with van der Waals surface area (Å²) in [5, 5.41) is 12.7. The van der Waals surface area contributed by atoms with Crippen molar-refractivity contribution < 1.29 is 9.90 Å². The molecule has 0 spiro atoms. The van der Waals surface area contributed by atoms with Gasteiger partial charge in [-0.05, 0) is 18.9 Å². The Morgan fingerprint density at radius 1 is 1.77 bits per heavy atom. The maximum Gasteiger partial charge on any atom is 0.306 e. The molecule has 0 saturated heterocycles. The van der Waals surface area contributed by atoms with Crippen LogP contribution in [0.25, 0.3) is 0 Å². The summed E-state index contributed by atoms with van der Waals surface area (Å²) in [6, 6.07) is 1.91. The smallest absolute Gasteiger partial charge is 0.306 e. The van der Waals surface area contributed by atoms with E-state index in [0.29, 0.717) is 6.42 Å². The van der Waals surface area contributed by atoms with Crippen LogP contribution in [0.15, 0.2) is 12.3 Å². The lowest BCUT2D eigenvalue weighted by atomic mass is 10.0. The molecular formula is C9H14N2O2. The van der Waals surface area contributed by atoms with E-state index in [4.69, 9.17) is 5.11 Å². The summed E-state index contributed by atoms with van der Waals surface area (Å²) in [4.78, 5) is 10.5. The van der Waals surface area contributed by atoms with E-state index in [-0.39, 0.29) is 5.92 Å². The van der Waals surface area contributed by atoms with E-state index in [9.17, 15) is 4.79 Å². The van der Waals surface area contributed by atoms with Crippen molar-refractivity contribution in [3.63, 3.8) is 0 Å². The minimum Gasteiger partial charge on any atom is -0.481 e. The highest BCUT2D eigenvalue weighted by molar-refractivity contribution is 5.69. The van der Waals surface area contributed by atoms with Crippen LogP contribution in [-0.4, -0.2) is 20.9 Å². The monoisotopic (exact) mass is 182 g/mol. The molecule has 0 amide bonds. The molecule has 1 rings (SSSR count). The van der Waals surface area contributed by atoms with E-state index in [2.05, 4.69) is 5.10 Å². The third-order valence-corrected chi connectivity index (χ3v) is 2.18. The molecule has 0 aliphatic carbocycles. The van der Waals surface area contributed by atoms with Gasteiger partial charge >= 0.3 is 5.97 Å². The third-order valence-electron chi connectivity index (χ3n) is 2.18. The highest BCUT2D eigenvalue weighted by Gasteiger charge is 2.11. The van der Waals surface area contributed by atoms with Crippen LogP contribution in [0.2, 0.25) is 0 Å². The second kappa shape index (κ2) is 4.07. The normalized spacial score (nSPS) is 12.8. The largest absolute Gasteiger partial charge is 0.481 e. The van der Waals surface area contributed by atoms with Gasteiger partial charge in [-0.2, -0.15) is 5.10 Å². The van der Waals surface area contributed by atoms with Crippen molar-refractivity contribution in [2.45, 2.75) is 19.8 Å². The van der Waals surface area contributed by atoms with Gasteiger partial charge in [0.25, 0.3) is 0 Å². The van der Waals surface area contributed by atoms with Gasteiger partial charge in [0.05, 0.1) is 5.92 Å². The zero-order chi connectivity index (χ0) is 9.84. The lowest BCUT2D eigenvalue weighted by Crippen LogP contribution is -2.11. The molecule has 13 heavy (non-hydrogen) atoms. The molecule has 1 heterocycles. The van der Waals surface area contributed by atoms with Crippen molar-refractivity contribution in [3.05, 3.63) is 18.0 Å². The minimum atomic E-state index is -0.734. The zero-order valence-corrected chi connectivity index (χ0v) is 7.90. The first-order valence-electron chi connectivity index (χ1n) is 4.31. The molecule has 0 aliphatic heterocycles. The number of nitrogens with zero attached hydrogens (tertiary/aromatic N) is 2. The van der Waals surface area contributed by atoms with Gasteiger partial charge in [-0.15, -0.1) is 0 Å². The Balaban J connectivity index is 2.44. The first-order valence-corrected chi connectivity index (χ1v) is 4.31. The van der Waals surface area contributed by atoms with Crippen LogP contribution in [0.3, 0.4) is 0 Å². The average Bonchev–Trinajstić information content (AvgIpc) is 2.47. The van der Waals surface area contributed by atoms with Gasteiger partial charge in [-0.25, -0.2) is 0 Å². The molecule has 4 nitrogen and oxygen atoms in total. The molecule has 1 aromatic heterocycles. The second-order valence-corrected chi connectivity index (χ2v) is 3.22. The van der Waals surface area contributed by atoms with E-state index in [1.54, 1.807) is 17.8 Å². The quantitative estimate of drug-likeness (QED) is 0.757.